The van der Waals surface area contributed by atoms with E-state index in [0.29, 0.717) is 18.4 Å². The van der Waals surface area contributed by atoms with Gasteiger partial charge < -0.3 is 11.1 Å². The predicted octanol–water partition coefficient (Wildman–Crippen LogP) is 1.16. The van der Waals surface area contributed by atoms with Crippen molar-refractivity contribution in [1.82, 2.24) is 5.32 Å². The molecule has 0 spiro atoms. The van der Waals surface area contributed by atoms with Crippen molar-refractivity contribution >= 4 is 21.8 Å². The van der Waals surface area contributed by atoms with Crippen molar-refractivity contribution < 1.29 is 4.79 Å². The molecule has 0 fully saturated rings. The lowest BCUT2D eigenvalue weighted by Gasteiger charge is -2.03. The summed E-state index contributed by atoms with van der Waals surface area (Å²) in [5.74, 6) is -0.00657. The minimum absolute atomic E-state index is 0.00657. The molecule has 3 nitrogen and oxygen atoms in total. The lowest BCUT2D eigenvalue weighted by atomic mass is 10.1. The van der Waals surface area contributed by atoms with Crippen LogP contribution in [0, 0.1) is 0 Å². The minimum atomic E-state index is -0.00657. The van der Waals surface area contributed by atoms with Gasteiger partial charge in [0.1, 0.15) is 0 Å². The number of alkyl halides is 1. The largest absolute Gasteiger partial charge is 0.351 e. The summed E-state index contributed by atoms with van der Waals surface area (Å²) in [6, 6.07) is 7.87. The summed E-state index contributed by atoms with van der Waals surface area (Å²) in [6.07, 6.45) is 0. The quantitative estimate of drug-likeness (QED) is 0.795. The summed E-state index contributed by atoms with van der Waals surface area (Å²) in [6.45, 7) is 1.11. The van der Waals surface area contributed by atoms with Gasteiger partial charge in [-0.3, -0.25) is 4.79 Å². The number of hydrogen-bond acceptors (Lipinski definition) is 2. The standard InChI is InChI=1S/C10H13BrN2O/c11-5-10(14)13-7-9-3-1-8(6-12)2-4-9/h1-4H,5-7,12H2,(H,13,14). The van der Waals surface area contributed by atoms with Crippen LogP contribution in [0.25, 0.3) is 0 Å². The molecule has 4 heteroatoms. The molecule has 1 aromatic rings. The molecule has 1 aromatic carbocycles. The van der Waals surface area contributed by atoms with Crippen LogP contribution in [0.2, 0.25) is 0 Å². The molecule has 0 heterocycles. The highest BCUT2D eigenvalue weighted by Gasteiger charge is 1.97. The molecule has 0 saturated heterocycles. The molecular weight excluding hydrogens is 244 g/mol. The van der Waals surface area contributed by atoms with Crippen molar-refractivity contribution in [1.29, 1.82) is 0 Å². The maximum Gasteiger partial charge on any atom is 0.230 e. The Morgan fingerprint density at radius 2 is 1.86 bits per heavy atom. The van der Waals surface area contributed by atoms with Crippen LogP contribution < -0.4 is 11.1 Å². The van der Waals surface area contributed by atoms with Crippen LogP contribution in [0.3, 0.4) is 0 Å². The van der Waals surface area contributed by atoms with Crippen LogP contribution in [0.4, 0.5) is 0 Å². The van der Waals surface area contributed by atoms with Gasteiger partial charge in [0.25, 0.3) is 0 Å². The highest BCUT2D eigenvalue weighted by atomic mass is 79.9. The molecular formula is C10H13BrN2O. The maximum absolute atomic E-state index is 10.9. The zero-order valence-electron chi connectivity index (χ0n) is 7.79. The number of hydrogen-bond donors (Lipinski definition) is 2. The Balaban J connectivity index is 2.47. The summed E-state index contributed by atoms with van der Waals surface area (Å²) in [5.41, 5.74) is 7.65. The molecule has 0 saturated carbocycles. The summed E-state index contributed by atoms with van der Waals surface area (Å²) in [4.78, 5) is 10.9. The summed E-state index contributed by atoms with van der Waals surface area (Å²) in [7, 11) is 0. The third kappa shape index (κ3) is 3.47. The van der Waals surface area contributed by atoms with Gasteiger partial charge >= 0.3 is 0 Å². The summed E-state index contributed by atoms with van der Waals surface area (Å²) in [5, 5.41) is 3.11. The highest BCUT2D eigenvalue weighted by molar-refractivity contribution is 9.09. The molecule has 0 unspecified atom stereocenters. The van der Waals surface area contributed by atoms with E-state index in [1.807, 2.05) is 24.3 Å². The van der Waals surface area contributed by atoms with Crippen molar-refractivity contribution in [3.8, 4) is 0 Å². The van der Waals surface area contributed by atoms with Gasteiger partial charge in [0.15, 0.2) is 0 Å². The Morgan fingerprint density at radius 3 is 2.36 bits per heavy atom. The van der Waals surface area contributed by atoms with Gasteiger partial charge in [-0.2, -0.15) is 0 Å². The molecule has 14 heavy (non-hydrogen) atoms. The Morgan fingerprint density at radius 1 is 1.29 bits per heavy atom. The Labute approximate surface area is 91.8 Å². The van der Waals surface area contributed by atoms with E-state index in [9.17, 15) is 4.79 Å². The topological polar surface area (TPSA) is 55.1 Å². The molecule has 0 radical (unpaired) electrons. The van der Waals surface area contributed by atoms with Gasteiger partial charge in [0, 0.05) is 13.1 Å². The Kier molecular flexibility index (Phi) is 4.62. The Bertz CT molecular complexity index is 297. The van der Waals surface area contributed by atoms with Gasteiger partial charge in [0.2, 0.25) is 5.91 Å². The first-order chi connectivity index (χ1) is 6.76. The van der Waals surface area contributed by atoms with Crippen LogP contribution in [-0.2, 0) is 17.9 Å². The van der Waals surface area contributed by atoms with E-state index in [2.05, 4.69) is 21.2 Å². The first kappa shape index (κ1) is 11.2. The van der Waals surface area contributed by atoms with Gasteiger partial charge in [-0.25, -0.2) is 0 Å². The second kappa shape index (κ2) is 5.78. The van der Waals surface area contributed by atoms with Crippen LogP contribution in [0.1, 0.15) is 11.1 Å². The van der Waals surface area contributed by atoms with Crippen molar-refractivity contribution in [2.75, 3.05) is 5.33 Å². The molecule has 0 atom stereocenters. The zero-order valence-corrected chi connectivity index (χ0v) is 9.38. The first-order valence-corrected chi connectivity index (χ1v) is 5.49. The smallest absolute Gasteiger partial charge is 0.230 e. The number of carbonyl (C=O) groups is 1. The average Bonchev–Trinajstić information content (AvgIpc) is 2.26. The summed E-state index contributed by atoms with van der Waals surface area (Å²) >= 11 is 3.08. The number of nitrogens with one attached hydrogen (secondary N) is 1. The fraction of sp³-hybridized carbons (Fsp3) is 0.300. The number of benzene rings is 1. The third-order valence-electron chi connectivity index (χ3n) is 1.87. The van der Waals surface area contributed by atoms with E-state index in [0.717, 1.165) is 11.1 Å². The van der Waals surface area contributed by atoms with E-state index in [1.165, 1.54) is 0 Å². The van der Waals surface area contributed by atoms with Crippen LogP contribution in [0.15, 0.2) is 24.3 Å². The number of rotatable bonds is 4. The van der Waals surface area contributed by atoms with Crippen LogP contribution >= 0.6 is 15.9 Å². The van der Waals surface area contributed by atoms with E-state index < -0.39 is 0 Å². The SMILES string of the molecule is NCc1ccc(CNC(=O)CBr)cc1. The molecule has 0 bridgehead atoms. The van der Waals surface area contributed by atoms with Gasteiger partial charge in [-0.05, 0) is 11.1 Å². The lowest BCUT2D eigenvalue weighted by Crippen LogP contribution is -2.23. The predicted molar refractivity (Wildman–Crippen MR) is 60.0 cm³/mol. The lowest BCUT2D eigenvalue weighted by molar-refractivity contribution is -0.118. The second-order valence-electron chi connectivity index (χ2n) is 2.93. The van der Waals surface area contributed by atoms with Gasteiger partial charge in [0.05, 0.1) is 5.33 Å². The monoisotopic (exact) mass is 256 g/mol. The molecule has 76 valence electrons. The van der Waals surface area contributed by atoms with E-state index in [4.69, 9.17) is 5.73 Å². The number of halogens is 1. The fourth-order valence-electron chi connectivity index (χ4n) is 1.04. The van der Waals surface area contributed by atoms with Gasteiger partial charge in [-0.1, -0.05) is 40.2 Å². The summed E-state index contributed by atoms with van der Waals surface area (Å²) < 4.78 is 0. The van der Waals surface area contributed by atoms with Gasteiger partial charge in [-0.15, -0.1) is 0 Å². The van der Waals surface area contributed by atoms with E-state index in [-0.39, 0.29) is 5.91 Å². The van der Waals surface area contributed by atoms with Crippen LogP contribution in [-0.4, -0.2) is 11.2 Å². The van der Waals surface area contributed by atoms with E-state index in [1.54, 1.807) is 0 Å². The molecule has 0 aliphatic carbocycles. The molecule has 1 amide bonds. The highest BCUT2D eigenvalue weighted by Crippen LogP contribution is 2.03. The van der Waals surface area contributed by atoms with Crippen molar-refractivity contribution in [2.45, 2.75) is 13.1 Å². The average molecular weight is 257 g/mol. The number of amides is 1. The third-order valence-corrected chi connectivity index (χ3v) is 2.38. The molecule has 0 aromatic heterocycles. The maximum atomic E-state index is 10.9. The van der Waals surface area contributed by atoms with E-state index >= 15 is 0 Å². The Hall–Kier alpha value is -0.870. The minimum Gasteiger partial charge on any atom is -0.351 e. The molecule has 0 aliphatic heterocycles. The van der Waals surface area contributed by atoms with Crippen molar-refractivity contribution in [3.63, 3.8) is 0 Å². The molecule has 1 rings (SSSR count). The fourth-order valence-corrected chi connectivity index (χ4v) is 1.24. The second-order valence-corrected chi connectivity index (χ2v) is 3.49. The first-order valence-electron chi connectivity index (χ1n) is 4.37. The number of nitrogens with two attached hydrogens (primary N) is 1. The molecule has 0 aliphatic rings. The normalized spacial score (nSPS) is 9.86. The van der Waals surface area contributed by atoms with Crippen molar-refractivity contribution in [3.05, 3.63) is 35.4 Å². The van der Waals surface area contributed by atoms with Crippen molar-refractivity contribution in [2.24, 2.45) is 5.73 Å². The number of carbonyl (C=O) groups excluding carboxylic acids is 1. The van der Waals surface area contributed by atoms with Crippen LogP contribution in [0.5, 0.6) is 0 Å². The zero-order chi connectivity index (χ0) is 10.4. The molecule has 3 N–H and O–H groups in total.